The van der Waals surface area contributed by atoms with Crippen LogP contribution in [0.1, 0.15) is 264 Å². The zero-order valence-corrected chi connectivity index (χ0v) is 56.8. The number of unbranched alkanes of at least 4 members (excludes halogenated alkanes) is 32. The SMILES string of the molecule is CCCCCC/C=C/CC/C=C/C(O)C(COC1OC(CO)C(OC2OC(CO)C(OC3OC(CO)C(O)C(O)C3O)C(O)C2O)C(O)C1O)NC(=O)CCCCCCCCCCCCCCCCCCCCCCCC/C=C\C/C=C\C/C=C\CCCCCCC. The van der Waals surface area contributed by atoms with E-state index in [0.717, 1.165) is 51.4 Å². The van der Waals surface area contributed by atoms with Crippen LogP contribution in [0.2, 0.25) is 0 Å². The number of allylic oxidation sites excluding steroid dienone is 9. The molecule has 3 aliphatic rings. The Morgan fingerprint density at radius 3 is 1.17 bits per heavy atom. The molecule has 0 bridgehead atoms. The summed E-state index contributed by atoms with van der Waals surface area (Å²) in [6, 6.07) is -0.988. The topological polar surface area (TPSA) is 307 Å². The van der Waals surface area contributed by atoms with Crippen LogP contribution >= 0.6 is 0 Å². The van der Waals surface area contributed by atoms with Crippen LogP contribution in [0, 0.1) is 0 Å². The first-order valence-corrected chi connectivity index (χ1v) is 36.5. The number of rotatable bonds is 56. The molecule has 0 spiro atoms. The summed E-state index contributed by atoms with van der Waals surface area (Å²) in [6.07, 6.45) is 41.2. The van der Waals surface area contributed by atoms with Crippen LogP contribution < -0.4 is 5.32 Å². The Labute approximate surface area is 554 Å². The summed E-state index contributed by atoms with van der Waals surface area (Å²) in [7, 11) is 0. The lowest BCUT2D eigenvalue weighted by Crippen LogP contribution is -2.66. The Morgan fingerprint density at radius 1 is 0.391 bits per heavy atom. The summed E-state index contributed by atoms with van der Waals surface area (Å²) >= 11 is 0. The van der Waals surface area contributed by atoms with E-state index in [1.165, 1.54) is 180 Å². The average Bonchev–Trinajstić information content (AvgIpc) is 0.803. The molecule has 3 fully saturated rings. The molecule has 3 saturated heterocycles. The highest BCUT2D eigenvalue weighted by Gasteiger charge is 2.53. The fourth-order valence-corrected chi connectivity index (χ4v) is 12.1. The minimum atomic E-state index is -1.98. The molecule has 1 amide bonds. The molecule has 3 rings (SSSR count). The zero-order chi connectivity index (χ0) is 66.8. The molecule has 17 unspecified atom stereocenters. The quantitative estimate of drug-likeness (QED) is 0.0199. The Morgan fingerprint density at radius 2 is 0.728 bits per heavy atom. The molecule has 0 saturated carbocycles. The van der Waals surface area contributed by atoms with Gasteiger partial charge in [-0.15, -0.1) is 0 Å². The first-order chi connectivity index (χ1) is 44.8. The van der Waals surface area contributed by atoms with Gasteiger partial charge in [-0.2, -0.15) is 0 Å². The fourth-order valence-electron chi connectivity index (χ4n) is 12.1. The maximum absolute atomic E-state index is 13.4. The molecule has 536 valence electrons. The number of amides is 1. The van der Waals surface area contributed by atoms with Crippen molar-refractivity contribution in [2.24, 2.45) is 0 Å². The first-order valence-electron chi connectivity index (χ1n) is 36.5. The van der Waals surface area contributed by atoms with Crippen LogP contribution in [0.3, 0.4) is 0 Å². The molecule has 0 radical (unpaired) electrons. The summed E-state index contributed by atoms with van der Waals surface area (Å²) in [4.78, 5) is 13.4. The highest BCUT2D eigenvalue weighted by Crippen LogP contribution is 2.33. The summed E-state index contributed by atoms with van der Waals surface area (Å²) < 4.78 is 34.3. The van der Waals surface area contributed by atoms with Gasteiger partial charge in [0.1, 0.15) is 73.2 Å². The Kier molecular flexibility index (Phi) is 49.6. The summed E-state index contributed by atoms with van der Waals surface area (Å²) in [5, 5.41) is 120. The number of nitrogens with one attached hydrogen (secondary N) is 1. The van der Waals surface area contributed by atoms with E-state index in [1.54, 1.807) is 6.08 Å². The largest absolute Gasteiger partial charge is 0.394 e. The van der Waals surface area contributed by atoms with Crippen LogP contribution in [0.5, 0.6) is 0 Å². The standard InChI is InChI=1S/C73H131NO18/c1-3-5-7-9-11-13-15-16-17-18-19-20-21-22-23-24-25-26-27-28-29-30-31-32-33-34-35-36-37-38-39-40-41-43-45-47-49-51-61(79)74-56(57(78)50-48-46-44-42-14-12-10-8-6-4-2)55-87-71-67(85)64(82)69(59(53-76)89-71)92-73-68(86)65(83)70(60(54-77)90-73)91-72-66(84)63(81)62(80)58(52-75)88-72/h14-16,18-19,21-22,42,48,50,56-60,62-73,75-78,80-86H,3-13,17,20,23-41,43-47,49,51-55H2,1-2H3,(H,74,79)/b16-15-,19-18-,22-21-,42-14+,50-48+. The normalized spacial score (nSPS) is 28.0. The van der Waals surface area contributed by atoms with Crippen LogP contribution in [-0.4, -0.2) is 193 Å². The number of hydrogen-bond donors (Lipinski definition) is 12. The van der Waals surface area contributed by atoms with Gasteiger partial charge < -0.3 is 89.9 Å². The van der Waals surface area contributed by atoms with Gasteiger partial charge in [0.25, 0.3) is 0 Å². The molecule has 19 nitrogen and oxygen atoms in total. The van der Waals surface area contributed by atoms with Crippen molar-refractivity contribution in [3.8, 4) is 0 Å². The average molecular weight is 1310 g/mol. The van der Waals surface area contributed by atoms with E-state index in [1.807, 2.05) is 6.08 Å². The zero-order valence-electron chi connectivity index (χ0n) is 56.8. The van der Waals surface area contributed by atoms with Crippen LogP contribution in [0.25, 0.3) is 0 Å². The lowest BCUT2D eigenvalue weighted by Gasteiger charge is -2.48. The molecule has 17 atom stereocenters. The smallest absolute Gasteiger partial charge is 0.220 e. The highest BCUT2D eigenvalue weighted by atomic mass is 16.8. The number of aliphatic hydroxyl groups excluding tert-OH is 11. The van der Waals surface area contributed by atoms with E-state index in [0.29, 0.717) is 12.8 Å². The Balaban J connectivity index is 1.29. The van der Waals surface area contributed by atoms with Crippen molar-refractivity contribution in [3.05, 3.63) is 60.8 Å². The van der Waals surface area contributed by atoms with Crippen LogP contribution in [0.4, 0.5) is 0 Å². The third-order valence-electron chi connectivity index (χ3n) is 18.0. The molecule has 3 heterocycles. The first kappa shape index (κ1) is 83.7. The summed E-state index contributed by atoms with van der Waals surface area (Å²) in [6.45, 7) is 1.66. The third kappa shape index (κ3) is 35.7. The fraction of sp³-hybridized carbons (Fsp3) is 0.849. The number of carbonyl (C=O) groups excluding carboxylic acids is 1. The van der Waals surface area contributed by atoms with Gasteiger partial charge in [0, 0.05) is 6.42 Å². The van der Waals surface area contributed by atoms with E-state index in [4.69, 9.17) is 28.4 Å². The molecule has 0 aliphatic carbocycles. The number of carbonyl (C=O) groups is 1. The molecule has 0 aromatic heterocycles. The predicted octanol–water partition coefficient (Wildman–Crippen LogP) is 10.3. The van der Waals surface area contributed by atoms with Crippen molar-refractivity contribution in [2.75, 3.05) is 26.4 Å². The predicted molar refractivity (Wildman–Crippen MR) is 360 cm³/mol. The molecular weight excluding hydrogens is 1180 g/mol. The second kappa shape index (κ2) is 54.5. The van der Waals surface area contributed by atoms with Crippen LogP contribution in [0.15, 0.2) is 60.8 Å². The molecule has 3 aliphatic heterocycles. The Hall–Kier alpha value is -2.51. The van der Waals surface area contributed by atoms with Gasteiger partial charge in [-0.25, -0.2) is 0 Å². The van der Waals surface area contributed by atoms with Gasteiger partial charge in [-0.1, -0.05) is 248 Å². The van der Waals surface area contributed by atoms with Gasteiger partial charge in [0.05, 0.1) is 38.6 Å². The van der Waals surface area contributed by atoms with E-state index in [2.05, 4.69) is 67.8 Å². The van der Waals surface area contributed by atoms with E-state index in [9.17, 15) is 61.0 Å². The molecule has 0 aromatic carbocycles. The number of aliphatic hydroxyl groups is 11. The Bertz CT molecular complexity index is 1900. The highest BCUT2D eigenvalue weighted by molar-refractivity contribution is 5.76. The summed E-state index contributed by atoms with van der Waals surface area (Å²) in [5.41, 5.74) is 0. The van der Waals surface area contributed by atoms with E-state index in [-0.39, 0.29) is 18.9 Å². The monoisotopic (exact) mass is 1310 g/mol. The number of hydrogen-bond acceptors (Lipinski definition) is 18. The van der Waals surface area contributed by atoms with Crippen molar-refractivity contribution in [1.29, 1.82) is 0 Å². The third-order valence-corrected chi connectivity index (χ3v) is 18.0. The van der Waals surface area contributed by atoms with Crippen molar-refractivity contribution in [1.82, 2.24) is 5.32 Å². The van der Waals surface area contributed by atoms with Crippen molar-refractivity contribution in [3.63, 3.8) is 0 Å². The second-order valence-electron chi connectivity index (χ2n) is 26.0. The van der Waals surface area contributed by atoms with Gasteiger partial charge in [-0.05, 0) is 70.6 Å². The molecule has 92 heavy (non-hydrogen) atoms. The van der Waals surface area contributed by atoms with Gasteiger partial charge in [-0.3, -0.25) is 4.79 Å². The van der Waals surface area contributed by atoms with Crippen molar-refractivity contribution < 1.29 is 89.4 Å². The maximum Gasteiger partial charge on any atom is 0.220 e. The minimum Gasteiger partial charge on any atom is -0.394 e. The van der Waals surface area contributed by atoms with Gasteiger partial charge in [0.15, 0.2) is 18.9 Å². The molecular formula is C73H131NO18. The lowest BCUT2D eigenvalue weighted by atomic mass is 9.96. The molecule has 12 N–H and O–H groups in total. The number of ether oxygens (including phenoxy) is 6. The summed E-state index contributed by atoms with van der Waals surface area (Å²) in [5.74, 6) is -0.286. The molecule has 0 aromatic rings. The molecule has 19 heteroatoms. The lowest BCUT2D eigenvalue weighted by molar-refractivity contribution is -0.379. The second-order valence-corrected chi connectivity index (χ2v) is 26.0. The minimum absolute atomic E-state index is 0.236. The van der Waals surface area contributed by atoms with Gasteiger partial charge in [0.2, 0.25) is 5.91 Å². The van der Waals surface area contributed by atoms with Crippen molar-refractivity contribution in [2.45, 2.75) is 369 Å². The maximum atomic E-state index is 13.4. The van der Waals surface area contributed by atoms with E-state index < -0.39 is 124 Å². The van der Waals surface area contributed by atoms with Crippen LogP contribution in [-0.2, 0) is 33.2 Å². The van der Waals surface area contributed by atoms with E-state index >= 15 is 0 Å². The van der Waals surface area contributed by atoms with Gasteiger partial charge >= 0.3 is 0 Å². The van der Waals surface area contributed by atoms with Crippen molar-refractivity contribution >= 4 is 5.91 Å².